The lowest BCUT2D eigenvalue weighted by molar-refractivity contribution is 0.0948. The topological polar surface area (TPSA) is 67.0 Å². The van der Waals surface area contributed by atoms with E-state index in [1.807, 2.05) is 42.5 Å². The molecule has 0 unspecified atom stereocenters. The van der Waals surface area contributed by atoms with Gasteiger partial charge in [-0.15, -0.1) is 0 Å². The Morgan fingerprint density at radius 2 is 1.82 bits per heavy atom. The van der Waals surface area contributed by atoms with Gasteiger partial charge < -0.3 is 10.1 Å². The van der Waals surface area contributed by atoms with Crippen molar-refractivity contribution in [3.63, 3.8) is 0 Å². The maximum atomic E-state index is 13.1. The van der Waals surface area contributed by atoms with Crippen LogP contribution in [0.2, 0.25) is 0 Å². The number of aromatic nitrogens is 2. The van der Waals surface area contributed by atoms with Crippen LogP contribution in [0.5, 0.6) is 5.75 Å². The first-order chi connectivity index (χ1) is 13.7. The molecule has 0 bridgehead atoms. The predicted octanol–water partition coefficient (Wildman–Crippen LogP) is 4.18. The van der Waals surface area contributed by atoms with Crippen LogP contribution in [0, 0.1) is 5.82 Å². The Morgan fingerprint density at radius 3 is 2.68 bits per heavy atom. The molecule has 0 radical (unpaired) electrons. The molecule has 4 rings (SSSR count). The first-order valence-corrected chi connectivity index (χ1v) is 8.90. The summed E-state index contributed by atoms with van der Waals surface area (Å²) >= 11 is 0. The van der Waals surface area contributed by atoms with Crippen molar-refractivity contribution in [2.45, 2.75) is 0 Å². The van der Waals surface area contributed by atoms with Crippen LogP contribution in [0.15, 0.2) is 72.9 Å². The minimum atomic E-state index is -0.333. The highest BCUT2D eigenvalue weighted by Crippen LogP contribution is 2.25. The normalized spacial score (nSPS) is 10.8. The zero-order valence-corrected chi connectivity index (χ0v) is 15.0. The quantitative estimate of drug-likeness (QED) is 0.497. The Balaban J connectivity index is 1.38. The average Bonchev–Trinajstić information content (AvgIpc) is 3.22. The van der Waals surface area contributed by atoms with Crippen LogP contribution < -0.4 is 10.1 Å². The van der Waals surface area contributed by atoms with E-state index in [4.69, 9.17) is 4.74 Å². The molecule has 28 heavy (non-hydrogen) atoms. The van der Waals surface area contributed by atoms with E-state index >= 15 is 0 Å². The number of nitrogens with one attached hydrogen (secondary N) is 2. The molecule has 0 aliphatic carbocycles. The molecule has 140 valence electrons. The molecule has 1 aromatic heterocycles. The van der Waals surface area contributed by atoms with E-state index in [9.17, 15) is 9.18 Å². The average molecular weight is 375 g/mol. The molecule has 0 saturated heterocycles. The molecule has 2 N–H and O–H groups in total. The summed E-state index contributed by atoms with van der Waals surface area (Å²) in [6.07, 6.45) is 1.46. The summed E-state index contributed by atoms with van der Waals surface area (Å²) in [6.45, 7) is 0.680. The van der Waals surface area contributed by atoms with Crippen molar-refractivity contribution >= 4 is 16.7 Å². The predicted molar refractivity (Wildman–Crippen MR) is 106 cm³/mol. The zero-order valence-electron chi connectivity index (χ0n) is 15.0. The van der Waals surface area contributed by atoms with Crippen LogP contribution in [0.1, 0.15) is 10.4 Å². The highest BCUT2D eigenvalue weighted by molar-refractivity contribution is 5.99. The number of hydrogen-bond acceptors (Lipinski definition) is 3. The minimum absolute atomic E-state index is 0.269. The monoisotopic (exact) mass is 375 g/mol. The molecular formula is C22H18FN3O2. The van der Waals surface area contributed by atoms with Gasteiger partial charge in [0.25, 0.3) is 5.91 Å². The molecule has 0 fully saturated rings. The van der Waals surface area contributed by atoms with E-state index < -0.39 is 0 Å². The van der Waals surface area contributed by atoms with Crippen LogP contribution in [-0.4, -0.2) is 29.3 Å². The van der Waals surface area contributed by atoms with Crippen LogP contribution in [0.3, 0.4) is 0 Å². The Kier molecular flexibility index (Phi) is 5.01. The lowest BCUT2D eigenvalue weighted by atomic mass is 10.1. The summed E-state index contributed by atoms with van der Waals surface area (Å²) in [5.74, 6) is 0.178. The van der Waals surface area contributed by atoms with E-state index in [-0.39, 0.29) is 11.7 Å². The summed E-state index contributed by atoms with van der Waals surface area (Å²) in [6, 6.07) is 19.7. The van der Waals surface area contributed by atoms with Gasteiger partial charge in [-0.05, 0) is 35.7 Å². The number of H-pyrrole nitrogens is 1. The summed E-state index contributed by atoms with van der Waals surface area (Å²) in [4.78, 5) is 12.5. The first kappa shape index (κ1) is 17.7. The lowest BCUT2D eigenvalue weighted by Crippen LogP contribution is -2.28. The molecule has 0 spiro atoms. The molecule has 1 heterocycles. The van der Waals surface area contributed by atoms with E-state index in [1.165, 1.54) is 18.3 Å². The van der Waals surface area contributed by atoms with Crippen molar-refractivity contribution in [3.05, 3.63) is 84.3 Å². The third-order valence-electron chi connectivity index (χ3n) is 4.41. The number of benzene rings is 3. The second-order valence-corrected chi connectivity index (χ2v) is 6.25. The largest absolute Gasteiger partial charge is 0.491 e. The van der Waals surface area contributed by atoms with Crippen molar-refractivity contribution < 1.29 is 13.9 Å². The summed E-state index contributed by atoms with van der Waals surface area (Å²) in [7, 11) is 0. The number of fused-ring (bicyclic) bond motifs is 1. The van der Waals surface area contributed by atoms with Gasteiger partial charge in [-0.3, -0.25) is 9.89 Å². The molecule has 4 aromatic rings. The van der Waals surface area contributed by atoms with E-state index in [2.05, 4.69) is 15.5 Å². The van der Waals surface area contributed by atoms with Crippen molar-refractivity contribution in [1.82, 2.24) is 15.5 Å². The van der Waals surface area contributed by atoms with Gasteiger partial charge in [0.1, 0.15) is 18.2 Å². The first-order valence-electron chi connectivity index (χ1n) is 8.90. The van der Waals surface area contributed by atoms with Gasteiger partial charge in [0.15, 0.2) is 0 Å². The molecule has 6 heteroatoms. The number of carbonyl (C=O) groups excluding carboxylic acids is 1. The van der Waals surface area contributed by atoms with Crippen molar-refractivity contribution in [3.8, 4) is 17.0 Å². The number of ether oxygens (including phenoxy) is 1. The van der Waals surface area contributed by atoms with Gasteiger partial charge in [0.05, 0.1) is 24.0 Å². The lowest BCUT2D eigenvalue weighted by Gasteiger charge is -2.10. The number of halogens is 1. The van der Waals surface area contributed by atoms with E-state index in [0.29, 0.717) is 30.0 Å². The highest BCUT2D eigenvalue weighted by Gasteiger charge is 2.15. The summed E-state index contributed by atoms with van der Waals surface area (Å²) in [5.41, 5.74) is 1.64. The number of amides is 1. The van der Waals surface area contributed by atoms with Gasteiger partial charge in [0, 0.05) is 10.9 Å². The second kappa shape index (κ2) is 7.92. The molecule has 3 aromatic carbocycles. The SMILES string of the molecule is O=C(NCCOc1cccc2ccccc12)c1cn[nH]c1-c1ccc(F)cc1. The number of rotatable bonds is 6. The molecule has 0 atom stereocenters. The van der Waals surface area contributed by atoms with Gasteiger partial charge in [-0.2, -0.15) is 5.10 Å². The summed E-state index contributed by atoms with van der Waals surface area (Å²) in [5, 5.41) is 11.7. The number of carbonyl (C=O) groups is 1. The second-order valence-electron chi connectivity index (χ2n) is 6.25. The maximum Gasteiger partial charge on any atom is 0.255 e. The third-order valence-corrected chi connectivity index (χ3v) is 4.41. The van der Waals surface area contributed by atoms with Crippen LogP contribution in [-0.2, 0) is 0 Å². The third kappa shape index (κ3) is 3.71. The van der Waals surface area contributed by atoms with Gasteiger partial charge in [-0.25, -0.2) is 4.39 Å². The number of aromatic amines is 1. The molecule has 1 amide bonds. The maximum absolute atomic E-state index is 13.1. The summed E-state index contributed by atoms with van der Waals surface area (Å²) < 4.78 is 18.9. The van der Waals surface area contributed by atoms with Crippen LogP contribution in [0.4, 0.5) is 4.39 Å². The Bertz CT molecular complexity index is 1100. The number of hydrogen-bond donors (Lipinski definition) is 2. The van der Waals surface area contributed by atoms with Crippen molar-refractivity contribution in [2.75, 3.05) is 13.2 Å². The Morgan fingerprint density at radius 1 is 1.04 bits per heavy atom. The van der Waals surface area contributed by atoms with Crippen LogP contribution >= 0.6 is 0 Å². The van der Waals surface area contributed by atoms with Crippen LogP contribution in [0.25, 0.3) is 22.0 Å². The fraction of sp³-hybridized carbons (Fsp3) is 0.0909. The fourth-order valence-electron chi connectivity index (χ4n) is 3.04. The molecule has 0 saturated carbocycles. The van der Waals surface area contributed by atoms with Gasteiger partial charge in [-0.1, -0.05) is 36.4 Å². The van der Waals surface area contributed by atoms with Crippen molar-refractivity contribution in [2.24, 2.45) is 0 Å². The highest BCUT2D eigenvalue weighted by atomic mass is 19.1. The standard InChI is InChI=1S/C22H18FN3O2/c23-17-10-8-16(9-11-17)21-19(14-25-26-21)22(27)24-12-13-28-20-7-3-5-15-4-1-2-6-18(15)20/h1-11,14H,12-13H2,(H,24,27)(H,25,26). The Hall–Kier alpha value is -3.67. The van der Waals surface area contributed by atoms with Gasteiger partial charge >= 0.3 is 0 Å². The van der Waals surface area contributed by atoms with Crippen molar-refractivity contribution in [1.29, 1.82) is 0 Å². The van der Waals surface area contributed by atoms with E-state index in [0.717, 1.165) is 16.5 Å². The molecule has 5 nitrogen and oxygen atoms in total. The number of nitrogens with zero attached hydrogens (tertiary/aromatic N) is 1. The smallest absolute Gasteiger partial charge is 0.255 e. The molecule has 0 aliphatic heterocycles. The molecular weight excluding hydrogens is 357 g/mol. The Labute approximate surface area is 161 Å². The minimum Gasteiger partial charge on any atom is -0.491 e. The zero-order chi connectivity index (χ0) is 19.3. The van der Waals surface area contributed by atoms with E-state index in [1.54, 1.807) is 12.1 Å². The van der Waals surface area contributed by atoms with Gasteiger partial charge in [0.2, 0.25) is 0 Å². The molecule has 0 aliphatic rings. The fourth-order valence-corrected chi connectivity index (χ4v) is 3.04.